The number of nitrogens with one attached hydrogen (secondary N) is 1. The lowest BCUT2D eigenvalue weighted by atomic mass is 10.1. The Kier molecular flexibility index (Phi) is 11.3. The first kappa shape index (κ1) is 40.9. The number of nitrogens with zero attached hydrogens (tertiary/aromatic N) is 5. The molecule has 3 aromatic heterocycles. The first-order valence-corrected chi connectivity index (χ1v) is 22.0. The van der Waals surface area contributed by atoms with Gasteiger partial charge >= 0.3 is 26.3 Å². The summed E-state index contributed by atoms with van der Waals surface area (Å²) in [7, 11) is -5.31. The van der Waals surface area contributed by atoms with Gasteiger partial charge in [0.05, 0.1) is 25.1 Å². The number of ether oxygens (including phenoxy) is 3. The minimum Gasteiger partial charge on any atom is -0.508 e. The first-order chi connectivity index (χ1) is 28.2. The SMILES string of the molecule is Nc1ncnc2c1ncn2[C@@H]1O[C@@H]2COP(=O)(O)O[C@@H]3[C@H](F)[C@@H](CO[P@@](=O)(SCc4ccc(OC(=O)c5ccc(O)cc5)cc4)O[C@H]2[C@H]1F)O[C@H]3n1ccc(=O)[nH]c1=O. The van der Waals surface area contributed by atoms with Crippen LogP contribution in [0.15, 0.2) is 83.0 Å². The second-order valence-electron chi connectivity index (χ2n) is 13.1. The highest BCUT2D eigenvalue weighted by molar-refractivity contribution is 8.54. The number of nitrogen functional groups attached to an aromatic ring is 1. The second kappa shape index (κ2) is 16.3. The molecule has 3 aliphatic heterocycles. The number of rotatable bonds is 7. The predicted octanol–water partition coefficient (Wildman–Crippen LogP) is 3.31. The van der Waals surface area contributed by atoms with Crippen LogP contribution in [0.25, 0.3) is 11.2 Å². The molecule has 6 heterocycles. The molecule has 3 fully saturated rings. The van der Waals surface area contributed by atoms with E-state index in [1.807, 2.05) is 4.98 Å². The van der Waals surface area contributed by atoms with E-state index in [1.54, 1.807) is 0 Å². The number of phenolic OH excluding ortho intramolecular Hbond substituents is 1. The molecule has 3 aliphatic rings. The number of carbonyl (C=O) groups is 1. The van der Waals surface area contributed by atoms with E-state index in [0.29, 0.717) is 21.5 Å². The number of carbonyl (C=O) groups excluding carboxylic acids is 1. The van der Waals surface area contributed by atoms with Gasteiger partial charge in [0, 0.05) is 18.0 Å². The van der Waals surface area contributed by atoms with Gasteiger partial charge < -0.3 is 29.9 Å². The minimum atomic E-state index is -5.31. The van der Waals surface area contributed by atoms with Crippen LogP contribution in [0.3, 0.4) is 0 Å². The van der Waals surface area contributed by atoms with Crippen molar-refractivity contribution in [2.75, 3.05) is 18.9 Å². The number of phosphoric acid groups is 1. The molecular formula is C33H31F2N7O14P2S. The lowest BCUT2D eigenvalue weighted by molar-refractivity contribution is -0.0652. The van der Waals surface area contributed by atoms with Crippen LogP contribution in [0.2, 0.25) is 0 Å². The zero-order valence-corrected chi connectivity index (χ0v) is 32.4. The minimum absolute atomic E-state index is 0.0223. The molecule has 0 radical (unpaired) electrons. The van der Waals surface area contributed by atoms with Crippen molar-refractivity contribution in [3.8, 4) is 11.5 Å². The smallest absolute Gasteiger partial charge is 0.472 e. The summed E-state index contributed by atoms with van der Waals surface area (Å²) in [6, 6.07) is 12.3. The molecule has 10 atom stereocenters. The summed E-state index contributed by atoms with van der Waals surface area (Å²) in [5, 5.41) is 9.49. The Bertz CT molecular complexity index is 2590. The summed E-state index contributed by atoms with van der Waals surface area (Å²) < 4.78 is 102. The Morgan fingerprint density at radius 1 is 0.915 bits per heavy atom. The summed E-state index contributed by atoms with van der Waals surface area (Å²) >= 11 is 0.561. The molecule has 312 valence electrons. The Morgan fingerprint density at radius 2 is 1.64 bits per heavy atom. The predicted molar refractivity (Wildman–Crippen MR) is 199 cm³/mol. The van der Waals surface area contributed by atoms with Crippen LogP contribution < -0.4 is 21.7 Å². The van der Waals surface area contributed by atoms with E-state index in [4.69, 9.17) is 38.0 Å². The van der Waals surface area contributed by atoms with E-state index in [0.717, 1.165) is 29.5 Å². The van der Waals surface area contributed by atoms with Gasteiger partial charge in [0.15, 0.2) is 36.3 Å². The molecule has 0 spiro atoms. The fourth-order valence-electron chi connectivity index (χ4n) is 6.36. The Labute approximate surface area is 333 Å². The number of phenols is 1. The van der Waals surface area contributed by atoms with Crippen molar-refractivity contribution >= 4 is 49.0 Å². The van der Waals surface area contributed by atoms with Crippen molar-refractivity contribution in [3.63, 3.8) is 0 Å². The number of nitrogens with two attached hydrogens (primary N) is 1. The quantitative estimate of drug-likeness (QED) is 0.104. The summed E-state index contributed by atoms with van der Waals surface area (Å²) in [6.45, 7) is -6.50. The number of benzene rings is 2. The largest absolute Gasteiger partial charge is 0.508 e. The van der Waals surface area contributed by atoms with Crippen LogP contribution in [-0.2, 0) is 42.5 Å². The van der Waals surface area contributed by atoms with Crippen molar-refractivity contribution in [1.82, 2.24) is 29.1 Å². The molecule has 0 saturated carbocycles. The number of fused-ring (bicyclic) bond motifs is 4. The maximum Gasteiger partial charge on any atom is 0.472 e. The molecule has 0 aliphatic carbocycles. The molecular weight excluding hydrogens is 850 g/mol. The van der Waals surface area contributed by atoms with Crippen LogP contribution >= 0.6 is 26.0 Å². The van der Waals surface area contributed by atoms with Crippen molar-refractivity contribution in [2.45, 2.75) is 55.0 Å². The number of aromatic nitrogens is 6. The number of anilines is 1. The molecule has 2 bridgehead atoms. The van der Waals surface area contributed by atoms with E-state index in [9.17, 15) is 33.5 Å². The van der Waals surface area contributed by atoms with Crippen LogP contribution in [0.1, 0.15) is 28.4 Å². The highest BCUT2D eigenvalue weighted by Crippen LogP contribution is 2.65. The van der Waals surface area contributed by atoms with Crippen molar-refractivity contribution in [2.24, 2.45) is 0 Å². The van der Waals surface area contributed by atoms with Crippen LogP contribution in [0, 0.1) is 0 Å². The molecule has 0 amide bonds. The molecule has 26 heteroatoms. The van der Waals surface area contributed by atoms with E-state index in [2.05, 4.69) is 15.0 Å². The number of alkyl halides is 2. The van der Waals surface area contributed by atoms with Gasteiger partial charge in [0.1, 0.15) is 47.8 Å². The number of aromatic amines is 1. The number of phosphoric ester groups is 1. The number of esters is 1. The number of imidazole rings is 1. The van der Waals surface area contributed by atoms with Crippen molar-refractivity contribution in [1.29, 1.82) is 0 Å². The second-order valence-corrected chi connectivity index (χ2v) is 18.6. The normalized spacial score (nSPS) is 31.2. The van der Waals surface area contributed by atoms with Crippen molar-refractivity contribution < 1.29 is 65.0 Å². The van der Waals surface area contributed by atoms with E-state index >= 15 is 8.78 Å². The van der Waals surface area contributed by atoms with Gasteiger partial charge in [-0.2, -0.15) is 0 Å². The van der Waals surface area contributed by atoms with Gasteiger partial charge in [-0.15, -0.1) is 0 Å². The first-order valence-electron chi connectivity index (χ1n) is 17.3. The molecule has 21 nitrogen and oxygen atoms in total. The fraction of sp³-hybridized carbons (Fsp3) is 0.333. The maximum absolute atomic E-state index is 16.7. The molecule has 59 heavy (non-hydrogen) atoms. The van der Waals surface area contributed by atoms with Crippen LogP contribution in [0.4, 0.5) is 14.6 Å². The van der Waals surface area contributed by atoms with Crippen molar-refractivity contribution in [3.05, 3.63) is 105 Å². The van der Waals surface area contributed by atoms with Gasteiger partial charge in [0.25, 0.3) is 5.56 Å². The third-order valence-electron chi connectivity index (χ3n) is 9.25. The Balaban J connectivity index is 1.08. The van der Waals surface area contributed by atoms with Gasteiger partial charge in [-0.3, -0.25) is 37.0 Å². The number of hydrogen-bond donors (Lipinski definition) is 4. The number of halogens is 2. The van der Waals surface area contributed by atoms with Gasteiger partial charge in [-0.1, -0.05) is 12.1 Å². The highest BCUT2D eigenvalue weighted by atomic mass is 32.7. The summed E-state index contributed by atoms with van der Waals surface area (Å²) in [5.74, 6) is -0.746. The van der Waals surface area contributed by atoms with Crippen LogP contribution in [-0.4, -0.2) is 95.0 Å². The third-order valence-corrected chi connectivity index (χ3v) is 13.9. The number of H-pyrrole nitrogens is 1. The highest BCUT2D eigenvalue weighted by Gasteiger charge is 2.55. The number of hydrogen-bond acceptors (Lipinski definition) is 18. The van der Waals surface area contributed by atoms with Gasteiger partial charge in [-0.25, -0.2) is 42.5 Å². The average molecular weight is 882 g/mol. The van der Waals surface area contributed by atoms with Crippen LogP contribution in [0.5, 0.6) is 11.5 Å². The number of aromatic hydroxyl groups is 1. The molecule has 2 aromatic carbocycles. The molecule has 3 saturated heterocycles. The van der Waals surface area contributed by atoms with E-state index < -0.39 is 94.3 Å². The molecule has 5 aromatic rings. The summed E-state index contributed by atoms with van der Waals surface area (Å²) in [5.41, 5.74) is 4.85. The molecule has 5 N–H and O–H groups in total. The summed E-state index contributed by atoms with van der Waals surface area (Å²) in [6.07, 6.45) is -11.9. The molecule has 1 unspecified atom stereocenters. The monoisotopic (exact) mass is 881 g/mol. The molecule has 8 rings (SSSR count). The lowest BCUT2D eigenvalue weighted by Gasteiger charge is -2.27. The average Bonchev–Trinajstić information content (AvgIpc) is 3.86. The Hall–Kier alpha value is -4.87. The van der Waals surface area contributed by atoms with Gasteiger partial charge in [-0.05, 0) is 53.3 Å². The zero-order valence-electron chi connectivity index (χ0n) is 29.8. The fourth-order valence-corrected chi connectivity index (χ4v) is 10.7. The maximum atomic E-state index is 16.7. The third kappa shape index (κ3) is 8.59. The standard InChI is InChI=1S/C33H31F2N7O14P2S/c34-23-20-11-51-58(49,59-13-16-1-7-19(8-2-16)52-32(45)17-3-5-18(43)6-4-17)56-26-21(54-30(24(26)35)42-15-39-25-28(36)37-14-38-29(25)42)12-50-57(47,48)55-27(23)31(53-20)41-10-9-22(44)40-33(41)46/h1-10,14-15,20-21,23-24,26-27,30-31,43H,11-13H2,(H,47,48)(H2,36,37,38)(H,40,44,46)/t20-,21-,23-,24-,26-,27-,30-,31-,58-/m1/s1. The zero-order chi connectivity index (χ0) is 41.6. The summed E-state index contributed by atoms with van der Waals surface area (Å²) in [4.78, 5) is 61.8. The Morgan fingerprint density at radius 3 is 2.39 bits per heavy atom. The van der Waals surface area contributed by atoms with E-state index in [1.165, 1.54) is 48.5 Å². The topological polar surface area (TPSA) is 281 Å². The van der Waals surface area contributed by atoms with Gasteiger partial charge in [0.2, 0.25) is 0 Å². The van der Waals surface area contributed by atoms with E-state index in [-0.39, 0.29) is 39.8 Å². The lowest BCUT2D eigenvalue weighted by Crippen LogP contribution is -2.37.